The van der Waals surface area contributed by atoms with E-state index in [-0.39, 0.29) is 0 Å². The molecule has 0 amide bonds. The first-order valence-corrected chi connectivity index (χ1v) is 7.04. The molecule has 1 saturated carbocycles. The van der Waals surface area contributed by atoms with Gasteiger partial charge in [-0.1, -0.05) is 12.5 Å². The number of carbonyl (C=O) groups is 1. The van der Waals surface area contributed by atoms with Crippen molar-refractivity contribution >= 4 is 17.8 Å². The van der Waals surface area contributed by atoms with Gasteiger partial charge in [0.1, 0.15) is 11.3 Å². The molecule has 0 N–H and O–H groups in total. The standard InChI is InChI=1S/C15H17N3O/c19-10-13-15(16-14-6-1-2-7-18(13)14)17-8-11-4-3-5-12(11)9-17/h1-2,6-7,10-12H,3-5,8-9H2. The zero-order chi connectivity index (χ0) is 12.8. The SMILES string of the molecule is O=Cc1c(N2CC3CCCC3C2)nc2ccccn12. The molecule has 4 nitrogen and oxygen atoms in total. The molecule has 98 valence electrons. The van der Waals surface area contributed by atoms with Crippen LogP contribution in [0.15, 0.2) is 24.4 Å². The number of nitrogens with zero attached hydrogens (tertiary/aromatic N) is 3. The highest BCUT2D eigenvalue weighted by Crippen LogP contribution is 2.39. The van der Waals surface area contributed by atoms with E-state index >= 15 is 0 Å². The van der Waals surface area contributed by atoms with E-state index in [1.54, 1.807) is 0 Å². The van der Waals surface area contributed by atoms with E-state index in [0.717, 1.165) is 42.7 Å². The predicted molar refractivity (Wildman–Crippen MR) is 73.6 cm³/mol. The van der Waals surface area contributed by atoms with Gasteiger partial charge in [0.2, 0.25) is 0 Å². The Kier molecular flexibility index (Phi) is 2.37. The summed E-state index contributed by atoms with van der Waals surface area (Å²) >= 11 is 0. The van der Waals surface area contributed by atoms with E-state index in [1.807, 2.05) is 28.8 Å². The van der Waals surface area contributed by atoms with Crippen LogP contribution in [0.25, 0.3) is 5.65 Å². The molecule has 2 aromatic heterocycles. The molecular formula is C15H17N3O. The largest absolute Gasteiger partial charge is 0.354 e. The Labute approximate surface area is 112 Å². The van der Waals surface area contributed by atoms with Crippen LogP contribution in [0.1, 0.15) is 29.8 Å². The van der Waals surface area contributed by atoms with Crippen LogP contribution < -0.4 is 4.90 Å². The Balaban J connectivity index is 1.77. The lowest BCUT2D eigenvalue weighted by Crippen LogP contribution is -2.22. The topological polar surface area (TPSA) is 37.6 Å². The number of rotatable bonds is 2. The van der Waals surface area contributed by atoms with Crippen molar-refractivity contribution in [2.75, 3.05) is 18.0 Å². The van der Waals surface area contributed by atoms with Crippen LogP contribution in [0.4, 0.5) is 5.82 Å². The maximum atomic E-state index is 11.4. The number of aromatic nitrogens is 2. The molecule has 4 rings (SSSR count). The molecule has 2 atom stereocenters. The highest BCUT2D eigenvalue weighted by atomic mass is 16.1. The third-order valence-corrected chi connectivity index (χ3v) is 4.68. The zero-order valence-corrected chi connectivity index (χ0v) is 10.8. The van der Waals surface area contributed by atoms with Crippen LogP contribution in [0, 0.1) is 11.8 Å². The molecule has 0 spiro atoms. The molecule has 2 unspecified atom stereocenters. The summed E-state index contributed by atoms with van der Waals surface area (Å²) in [5.41, 5.74) is 1.55. The summed E-state index contributed by atoms with van der Waals surface area (Å²) in [6.07, 6.45) is 6.89. The molecule has 3 heterocycles. The predicted octanol–water partition coefficient (Wildman–Crippen LogP) is 2.38. The first kappa shape index (κ1) is 11.0. The molecule has 2 fully saturated rings. The summed E-state index contributed by atoms with van der Waals surface area (Å²) in [6, 6.07) is 5.84. The van der Waals surface area contributed by atoms with Gasteiger partial charge in [0, 0.05) is 19.3 Å². The third kappa shape index (κ3) is 1.59. The van der Waals surface area contributed by atoms with Crippen molar-refractivity contribution in [1.82, 2.24) is 9.38 Å². The minimum atomic E-state index is 0.690. The third-order valence-electron chi connectivity index (χ3n) is 4.68. The van der Waals surface area contributed by atoms with Crippen LogP contribution in [0.2, 0.25) is 0 Å². The van der Waals surface area contributed by atoms with Gasteiger partial charge in [-0.05, 0) is 36.8 Å². The average molecular weight is 255 g/mol. The summed E-state index contributed by atoms with van der Waals surface area (Å²) in [4.78, 5) is 18.4. The Morgan fingerprint density at radius 2 is 2.00 bits per heavy atom. The van der Waals surface area contributed by atoms with E-state index in [2.05, 4.69) is 9.88 Å². The molecule has 0 aromatic carbocycles. The minimum Gasteiger partial charge on any atom is -0.354 e. The van der Waals surface area contributed by atoms with Gasteiger partial charge in [-0.3, -0.25) is 9.20 Å². The van der Waals surface area contributed by atoms with Gasteiger partial charge >= 0.3 is 0 Å². The van der Waals surface area contributed by atoms with Crippen LogP contribution in [-0.4, -0.2) is 28.8 Å². The van der Waals surface area contributed by atoms with Crippen molar-refractivity contribution in [2.24, 2.45) is 11.8 Å². The quantitative estimate of drug-likeness (QED) is 0.773. The summed E-state index contributed by atoms with van der Waals surface area (Å²) in [7, 11) is 0. The normalized spacial score (nSPS) is 26.0. The maximum absolute atomic E-state index is 11.4. The van der Waals surface area contributed by atoms with E-state index in [9.17, 15) is 4.79 Å². The molecule has 0 bridgehead atoms. The smallest absolute Gasteiger partial charge is 0.170 e. The van der Waals surface area contributed by atoms with Crippen LogP contribution in [0.3, 0.4) is 0 Å². The maximum Gasteiger partial charge on any atom is 0.170 e. The Hall–Kier alpha value is -1.84. The number of carbonyl (C=O) groups excluding carboxylic acids is 1. The van der Waals surface area contributed by atoms with E-state index < -0.39 is 0 Å². The zero-order valence-electron chi connectivity index (χ0n) is 10.8. The number of hydrogen-bond acceptors (Lipinski definition) is 3. The van der Waals surface area contributed by atoms with Crippen LogP contribution in [0.5, 0.6) is 0 Å². The second-order valence-corrected chi connectivity index (χ2v) is 5.72. The molecule has 0 radical (unpaired) electrons. The number of imidazole rings is 1. The first-order chi connectivity index (χ1) is 9.36. The molecule has 1 saturated heterocycles. The fourth-order valence-corrected chi connectivity index (χ4v) is 3.75. The van der Waals surface area contributed by atoms with E-state index in [0.29, 0.717) is 5.69 Å². The number of hydrogen-bond donors (Lipinski definition) is 0. The number of anilines is 1. The minimum absolute atomic E-state index is 0.690. The molecule has 2 aliphatic rings. The van der Waals surface area contributed by atoms with E-state index in [4.69, 9.17) is 0 Å². The molecule has 19 heavy (non-hydrogen) atoms. The lowest BCUT2D eigenvalue weighted by atomic mass is 10.0. The van der Waals surface area contributed by atoms with Gasteiger partial charge in [-0.15, -0.1) is 0 Å². The van der Waals surface area contributed by atoms with Gasteiger partial charge in [-0.25, -0.2) is 4.98 Å². The first-order valence-electron chi connectivity index (χ1n) is 7.04. The molecule has 1 aliphatic heterocycles. The Morgan fingerprint density at radius 1 is 1.21 bits per heavy atom. The lowest BCUT2D eigenvalue weighted by molar-refractivity contribution is 0.111. The van der Waals surface area contributed by atoms with Crippen molar-refractivity contribution in [3.63, 3.8) is 0 Å². The molecule has 1 aliphatic carbocycles. The van der Waals surface area contributed by atoms with Gasteiger partial charge in [0.25, 0.3) is 0 Å². The van der Waals surface area contributed by atoms with Gasteiger partial charge in [-0.2, -0.15) is 0 Å². The fraction of sp³-hybridized carbons (Fsp3) is 0.467. The molecule has 4 heteroatoms. The van der Waals surface area contributed by atoms with Crippen molar-refractivity contribution in [1.29, 1.82) is 0 Å². The highest BCUT2D eigenvalue weighted by molar-refractivity contribution is 5.83. The summed E-state index contributed by atoms with van der Waals surface area (Å²) in [5, 5.41) is 0. The monoisotopic (exact) mass is 255 g/mol. The fourth-order valence-electron chi connectivity index (χ4n) is 3.75. The number of fused-ring (bicyclic) bond motifs is 2. The lowest BCUT2D eigenvalue weighted by Gasteiger charge is -2.16. The molecular weight excluding hydrogens is 238 g/mol. The average Bonchev–Trinajstić information content (AvgIpc) is 3.09. The van der Waals surface area contributed by atoms with Gasteiger partial charge in [0.05, 0.1) is 0 Å². The van der Waals surface area contributed by atoms with Crippen molar-refractivity contribution in [3.05, 3.63) is 30.1 Å². The van der Waals surface area contributed by atoms with Crippen molar-refractivity contribution < 1.29 is 4.79 Å². The van der Waals surface area contributed by atoms with Crippen molar-refractivity contribution in [2.45, 2.75) is 19.3 Å². The number of aldehydes is 1. The van der Waals surface area contributed by atoms with Crippen LogP contribution >= 0.6 is 0 Å². The summed E-state index contributed by atoms with van der Waals surface area (Å²) in [6.45, 7) is 2.13. The summed E-state index contributed by atoms with van der Waals surface area (Å²) < 4.78 is 1.89. The van der Waals surface area contributed by atoms with Crippen LogP contribution in [-0.2, 0) is 0 Å². The number of pyridine rings is 1. The second-order valence-electron chi connectivity index (χ2n) is 5.72. The molecule has 2 aromatic rings. The van der Waals surface area contributed by atoms with Gasteiger partial charge < -0.3 is 4.90 Å². The Morgan fingerprint density at radius 3 is 2.74 bits per heavy atom. The second kappa shape index (κ2) is 4.08. The van der Waals surface area contributed by atoms with E-state index in [1.165, 1.54) is 19.3 Å². The van der Waals surface area contributed by atoms with Crippen molar-refractivity contribution in [3.8, 4) is 0 Å². The highest BCUT2D eigenvalue weighted by Gasteiger charge is 2.37. The van der Waals surface area contributed by atoms with Gasteiger partial charge in [0.15, 0.2) is 12.1 Å². The summed E-state index contributed by atoms with van der Waals surface area (Å²) in [5.74, 6) is 2.49. The Bertz CT molecular complexity index is 621.